The van der Waals surface area contributed by atoms with Gasteiger partial charge in [0.15, 0.2) is 0 Å². The fourth-order valence-corrected chi connectivity index (χ4v) is 4.27. The monoisotopic (exact) mass is 414 g/mol. The van der Waals surface area contributed by atoms with Crippen LogP contribution in [-0.4, -0.2) is 59.2 Å². The molecule has 1 saturated heterocycles. The maximum atomic E-state index is 12.6. The van der Waals surface area contributed by atoms with Crippen LogP contribution < -0.4 is 10.6 Å². The summed E-state index contributed by atoms with van der Waals surface area (Å²) in [5, 5.41) is 5.70. The molecule has 0 unspecified atom stereocenters. The van der Waals surface area contributed by atoms with Gasteiger partial charge in [0.05, 0.1) is 6.54 Å². The molecule has 8 heteroatoms. The quantitative estimate of drug-likeness (QED) is 0.669. The van der Waals surface area contributed by atoms with E-state index in [1.807, 2.05) is 32.0 Å². The van der Waals surface area contributed by atoms with Gasteiger partial charge in [0.2, 0.25) is 11.8 Å². The van der Waals surface area contributed by atoms with E-state index in [2.05, 4.69) is 10.6 Å². The molecular weight excluding hydrogens is 384 g/mol. The van der Waals surface area contributed by atoms with E-state index < -0.39 is 5.54 Å². The predicted octanol–water partition coefficient (Wildman–Crippen LogP) is 2.35. The second-order valence-electron chi connectivity index (χ2n) is 8.34. The molecule has 1 saturated carbocycles. The van der Waals surface area contributed by atoms with E-state index >= 15 is 0 Å². The minimum Gasteiger partial charge on any atom is -0.336 e. The Hall–Kier alpha value is -2.90. The number of carbonyl (C=O) groups excluding carboxylic acids is 4. The number of aryl methyl sites for hydroxylation is 2. The first-order valence-electron chi connectivity index (χ1n) is 10.5. The van der Waals surface area contributed by atoms with Crippen molar-refractivity contribution in [2.45, 2.75) is 57.9 Å². The molecule has 3 rings (SSSR count). The summed E-state index contributed by atoms with van der Waals surface area (Å²) in [7, 11) is 1.58. The third kappa shape index (κ3) is 4.47. The molecule has 2 fully saturated rings. The summed E-state index contributed by atoms with van der Waals surface area (Å²) in [6, 6.07) is 5.40. The van der Waals surface area contributed by atoms with Gasteiger partial charge in [-0.2, -0.15) is 0 Å². The average Bonchev–Trinajstić information content (AvgIpc) is 3.25. The van der Waals surface area contributed by atoms with Crippen LogP contribution in [-0.2, 0) is 14.4 Å². The summed E-state index contributed by atoms with van der Waals surface area (Å²) >= 11 is 0. The highest BCUT2D eigenvalue weighted by Crippen LogP contribution is 2.35. The van der Waals surface area contributed by atoms with E-state index in [9.17, 15) is 19.2 Å². The number of rotatable bonds is 7. The molecule has 162 valence electrons. The zero-order valence-corrected chi connectivity index (χ0v) is 17.9. The van der Waals surface area contributed by atoms with Crippen molar-refractivity contribution < 1.29 is 19.2 Å². The molecule has 2 N–H and O–H groups in total. The van der Waals surface area contributed by atoms with E-state index in [4.69, 9.17) is 0 Å². The molecule has 8 nitrogen and oxygen atoms in total. The lowest BCUT2D eigenvalue weighted by molar-refractivity contribution is -0.134. The predicted molar refractivity (Wildman–Crippen MR) is 113 cm³/mol. The van der Waals surface area contributed by atoms with Crippen molar-refractivity contribution in [2.24, 2.45) is 0 Å². The number of para-hydroxylation sites is 1. The number of hydrogen-bond donors (Lipinski definition) is 2. The molecule has 2 aliphatic rings. The molecule has 0 atom stereocenters. The Morgan fingerprint density at radius 2 is 1.80 bits per heavy atom. The van der Waals surface area contributed by atoms with Crippen LogP contribution in [0.25, 0.3) is 0 Å². The molecule has 5 amide bonds. The molecule has 1 aliphatic heterocycles. The van der Waals surface area contributed by atoms with Gasteiger partial charge in [-0.1, -0.05) is 31.0 Å². The number of nitrogens with zero attached hydrogens (tertiary/aromatic N) is 2. The van der Waals surface area contributed by atoms with Crippen molar-refractivity contribution in [2.75, 3.05) is 25.5 Å². The van der Waals surface area contributed by atoms with Crippen LogP contribution in [0.15, 0.2) is 18.2 Å². The van der Waals surface area contributed by atoms with Gasteiger partial charge in [0, 0.05) is 25.7 Å². The summed E-state index contributed by atoms with van der Waals surface area (Å²) in [6.07, 6.45) is 3.78. The second kappa shape index (κ2) is 8.85. The summed E-state index contributed by atoms with van der Waals surface area (Å²) in [5.41, 5.74) is 1.98. The number of nitrogens with one attached hydrogen (secondary N) is 2. The Morgan fingerprint density at radius 1 is 1.17 bits per heavy atom. The summed E-state index contributed by atoms with van der Waals surface area (Å²) < 4.78 is 0. The zero-order chi connectivity index (χ0) is 21.9. The molecule has 0 radical (unpaired) electrons. The Balaban J connectivity index is 1.45. The highest BCUT2D eigenvalue weighted by Gasteiger charge is 2.52. The molecule has 1 spiro atoms. The minimum absolute atomic E-state index is 0.0567. The first-order chi connectivity index (χ1) is 14.2. The van der Waals surface area contributed by atoms with Gasteiger partial charge in [0.1, 0.15) is 5.54 Å². The van der Waals surface area contributed by atoms with Crippen molar-refractivity contribution in [3.8, 4) is 0 Å². The van der Waals surface area contributed by atoms with Gasteiger partial charge in [-0.05, 0) is 44.2 Å². The van der Waals surface area contributed by atoms with Crippen LogP contribution in [0.4, 0.5) is 10.5 Å². The number of amides is 5. The van der Waals surface area contributed by atoms with E-state index in [-0.39, 0.29) is 43.3 Å². The molecular formula is C22H30N4O4. The normalized spacial score (nSPS) is 17.4. The first kappa shape index (κ1) is 21.8. The lowest BCUT2D eigenvalue weighted by Gasteiger charge is -2.20. The van der Waals surface area contributed by atoms with Gasteiger partial charge in [-0.15, -0.1) is 0 Å². The first-order valence-corrected chi connectivity index (χ1v) is 10.5. The lowest BCUT2D eigenvalue weighted by atomic mass is 9.98. The van der Waals surface area contributed by atoms with Crippen molar-refractivity contribution in [1.29, 1.82) is 0 Å². The third-order valence-corrected chi connectivity index (χ3v) is 6.03. The minimum atomic E-state index is -0.719. The summed E-state index contributed by atoms with van der Waals surface area (Å²) in [4.78, 5) is 52.1. The van der Waals surface area contributed by atoms with Crippen LogP contribution in [0.5, 0.6) is 0 Å². The number of likely N-dealkylation sites (N-methyl/N-ethyl adjacent to an activating group) is 1. The van der Waals surface area contributed by atoms with E-state index in [0.29, 0.717) is 19.3 Å². The number of hydrogen-bond acceptors (Lipinski definition) is 4. The fourth-order valence-electron chi connectivity index (χ4n) is 4.27. The van der Waals surface area contributed by atoms with Gasteiger partial charge in [-0.25, -0.2) is 4.79 Å². The van der Waals surface area contributed by atoms with E-state index in [1.165, 1.54) is 9.80 Å². The smallest absolute Gasteiger partial charge is 0.325 e. The van der Waals surface area contributed by atoms with Crippen LogP contribution in [0.2, 0.25) is 0 Å². The Kier molecular flexibility index (Phi) is 6.43. The largest absolute Gasteiger partial charge is 0.336 e. The van der Waals surface area contributed by atoms with Gasteiger partial charge in [0.25, 0.3) is 5.91 Å². The van der Waals surface area contributed by atoms with Crippen LogP contribution >= 0.6 is 0 Å². The lowest BCUT2D eigenvalue weighted by Crippen LogP contribution is -2.44. The third-order valence-electron chi connectivity index (χ3n) is 6.03. The second-order valence-corrected chi connectivity index (χ2v) is 8.34. The van der Waals surface area contributed by atoms with Crippen LogP contribution in [0.1, 0.15) is 49.7 Å². The highest BCUT2D eigenvalue weighted by atomic mass is 16.2. The molecule has 1 heterocycles. The van der Waals surface area contributed by atoms with E-state index in [0.717, 1.165) is 29.7 Å². The fraction of sp³-hybridized carbons (Fsp3) is 0.545. The molecule has 1 aromatic carbocycles. The Labute approximate surface area is 177 Å². The number of carbonyl (C=O) groups is 4. The van der Waals surface area contributed by atoms with Crippen molar-refractivity contribution in [3.63, 3.8) is 0 Å². The Bertz CT molecular complexity index is 840. The molecule has 0 bridgehead atoms. The standard InChI is InChI=1S/C22H30N4O4/c1-15-8-6-9-16(2)19(15)23-17(27)14-25(3)18(28)10-7-13-26-20(29)22(24-21(26)30)11-4-5-12-22/h6,8-9H,4-5,7,10-14H2,1-3H3,(H,23,27)(H,24,30). The van der Waals surface area contributed by atoms with Gasteiger partial charge >= 0.3 is 6.03 Å². The van der Waals surface area contributed by atoms with Gasteiger partial charge < -0.3 is 15.5 Å². The molecule has 30 heavy (non-hydrogen) atoms. The van der Waals surface area contributed by atoms with Crippen molar-refractivity contribution in [1.82, 2.24) is 15.1 Å². The number of urea groups is 1. The number of benzene rings is 1. The average molecular weight is 415 g/mol. The maximum Gasteiger partial charge on any atom is 0.325 e. The molecule has 0 aromatic heterocycles. The Morgan fingerprint density at radius 3 is 2.43 bits per heavy atom. The van der Waals surface area contributed by atoms with Gasteiger partial charge in [-0.3, -0.25) is 19.3 Å². The van der Waals surface area contributed by atoms with Crippen molar-refractivity contribution >= 4 is 29.4 Å². The summed E-state index contributed by atoms with van der Waals surface area (Å²) in [6.45, 7) is 3.99. The zero-order valence-electron chi connectivity index (χ0n) is 17.9. The van der Waals surface area contributed by atoms with Crippen molar-refractivity contribution in [3.05, 3.63) is 29.3 Å². The van der Waals surface area contributed by atoms with Crippen LogP contribution in [0, 0.1) is 13.8 Å². The topological polar surface area (TPSA) is 98.8 Å². The maximum absolute atomic E-state index is 12.6. The van der Waals surface area contributed by atoms with E-state index in [1.54, 1.807) is 7.05 Å². The SMILES string of the molecule is Cc1cccc(C)c1NC(=O)CN(C)C(=O)CCCN1C(=O)NC2(CCCC2)C1=O. The highest BCUT2D eigenvalue weighted by molar-refractivity contribution is 6.07. The number of imide groups is 1. The molecule has 1 aromatic rings. The number of anilines is 1. The molecule has 1 aliphatic carbocycles. The van der Waals surface area contributed by atoms with Crippen LogP contribution in [0.3, 0.4) is 0 Å². The summed E-state index contributed by atoms with van der Waals surface area (Å²) in [5.74, 6) is -0.631.